The van der Waals surface area contributed by atoms with Gasteiger partial charge < -0.3 is 68.8 Å². The SMILES string of the molecule is CC[C@H](C)[C@H](NC(=O)[C@@H](Cc1ccc(O)cc1)NC(=O)[C@@H](NC(=O)[C@H](CCCN=C(N)N)NC(=O)CNC)C(C)C)C(=O)N[C@@H](Cc1cnc[nH]1)C(=O)N1CCC[C@@H]1C(=O)N[C@@H](Cc1ccccc1)C(=O)O. The van der Waals surface area contributed by atoms with Crippen LogP contribution in [0.4, 0.5) is 0 Å². The highest BCUT2D eigenvalue weighted by molar-refractivity contribution is 5.98. The molecule has 0 radical (unpaired) electrons. The fraction of sp³-hybridized carbons (Fsp3) is 0.510. The number of hydrogen-bond acceptors (Lipinski definition) is 12. The molecule has 392 valence electrons. The lowest BCUT2D eigenvalue weighted by Gasteiger charge is -2.32. The van der Waals surface area contributed by atoms with Crippen LogP contribution in [0, 0.1) is 11.8 Å². The van der Waals surface area contributed by atoms with Crippen molar-refractivity contribution in [3.05, 3.63) is 83.9 Å². The molecule has 1 saturated heterocycles. The third-order valence-corrected chi connectivity index (χ3v) is 12.3. The molecule has 23 nitrogen and oxygen atoms in total. The van der Waals surface area contributed by atoms with E-state index in [0.29, 0.717) is 36.1 Å². The third-order valence-electron chi connectivity index (χ3n) is 12.3. The maximum Gasteiger partial charge on any atom is 0.326 e. The predicted octanol–water partition coefficient (Wildman–Crippen LogP) is -0.897. The number of carbonyl (C=O) groups excluding carboxylic acids is 7. The van der Waals surface area contributed by atoms with Gasteiger partial charge in [0.2, 0.25) is 41.4 Å². The second kappa shape index (κ2) is 28.3. The van der Waals surface area contributed by atoms with Gasteiger partial charge in [-0.3, -0.25) is 38.6 Å². The summed E-state index contributed by atoms with van der Waals surface area (Å²) < 4.78 is 0. The van der Waals surface area contributed by atoms with Crippen molar-refractivity contribution in [2.24, 2.45) is 28.3 Å². The Hall–Kier alpha value is -7.56. The van der Waals surface area contributed by atoms with Crippen molar-refractivity contribution in [2.45, 2.75) is 121 Å². The van der Waals surface area contributed by atoms with Crippen LogP contribution in [0.5, 0.6) is 5.75 Å². The second-order valence-electron chi connectivity index (χ2n) is 18.3. The summed E-state index contributed by atoms with van der Waals surface area (Å²) in [6.07, 6.45) is 4.20. The quantitative estimate of drug-likeness (QED) is 0.0239. The number of aliphatic imine (C=N–C) groups is 1. The highest BCUT2D eigenvalue weighted by Gasteiger charge is 2.41. The van der Waals surface area contributed by atoms with Gasteiger partial charge in [0.25, 0.3) is 0 Å². The first kappa shape index (κ1) is 57.0. The average molecular weight is 1000 g/mol. The summed E-state index contributed by atoms with van der Waals surface area (Å²) >= 11 is 0. The third kappa shape index (κ3) is 17.7. The normalized spacial score (nSPS) is 16.1. The van der Waals surface area contributed by atoms with Crippen LogP contribution in [0.15, 0.2) is 72.1 Å². The van der Waals surface area contributed by atoms with E-state index >= 15 is 0 Å². The van der Waals surface area contributed by atoms with Gasteiger partial charge in [-0.05, 0) is 67.8 Å². The van der Waals surface area contributed by atoms with Gasteiger partial charge in [-0.1, -0.05) is 76.6 Å². The van der Waals surface area contributed by atoms with E-state index in [1.165, 1.54) is 29.6 Å². The second-order valence-corrected chi connectivity index (χ2v) is 18.3. The molecule has 23 heteroatoms. The van der Waals surface area contributed by atoms with E-state index in [1.54, 1.807) is 77.2 Å². The number of aliphatic carboxylic acids is 1. The molecule has 1 fully saturated rings. The number of hydrogen-bond donors (Lipinski definition) is 12. The summed E-state index contributed by atoms with van der Waals surface area (Å²) in [7, 11) is 1.57. The minimum absolute atomic E-state index is 0.0144. The maximum atomic E-state index is 14.5. The molecular weight excluding hydrogens is 931 g/mol. The predicted molar refractivity (Wildman–Crippen MR) is 266 cm³/mol. The molecule has 2 aromatic carbocycles. The Kier molecular flexibility index (Phi) is 22.4. The zero-order valence-corrected chi connectivity index (χ0v) is 41.5. The Morgan fingerprint density at radius 1 is 0.778 bits per heavy atom. The van der Waals surface area contributed by atoms with Crippen molar-refractivity contribution in [3.8, 4) is 5.75 Å². The fourth-order valence-electron chi connectivity index (χ4n) is 8.16. The first-order valence-electron chi connectivity index (χ1n) is 24.1. The minimum Gasteiger partial charge on any atom is -0.508 e. The number of aromatic amines is 1. The van der Waals surface area contributed by atoms with Crippen LogP contribution in [-0.4, -0.2) is 147 Å². The van der Waals surface area contributed by atoms with Gasteiger partial charge in [0.1, 0.15) is 48.0 Å². The fourth-order valence-corrected chi connectivity index (χ4v) is 8.16. The number of carboxylic acid groups (broad SMARTS) is 1. The highest BCUT2D eigenvalue weighted by Crippen LogP contribution is 2.21. The van der Waals surface area contributed by atoms with Gasteiger partial charge in [-0.15, -0.1) is 0 Å². The van der Waals surface area contributed by atoms with Crippen molar-refractivity contribution in [3.63, 3.8) is 0 Å². The van der Waals surface area contributed by atoms with Gasteiger partial charge in [-0.2, -0.15) is 0 Å². The van der Waals surface area contributed by atoms with Gasteiger partial charge in [0.15, 0.2) is 5.96 Å². The molecule has 1 aliphatic heterocycles. The van der Waals surface area contributed by atoms with Crippen molar-refractivity contribution >= 4 is 53.3 Å². The topological polar surface area (TPSA) is 358 Å². The Bertz CT molecular complexity index is 2310. The van der Waals surface area contributed by atoms with Gasteiger partial charge in [-0.25, -0.2) is 9.78 Å². The zero-order valence-electron chi connectivity index (χ0n) is 41.5. The number of guanidine groups is 1. The van der Waals surface area contributed by atoms with E-state index in [1.807, 2.05) is 0 Å². The largest absolute Gasteiger partial charge is 0.508 e. The van der Waals surface area contributed by atoms with Gasteiger partial charge >= 0.3 is 5.97 Å². The summed E-state index contributed by atoms with van der Waals surface area (Å²) in [4.78, 5) is 122. The number of carboxylic acids is 1. The Morgan fingerprint density at radius 2 is 1.40 bits per heavy atom. The molecule has 0 unspecified atom stereocenters. The Morgan fingerprint density at radius 3 is 2.01 bits per heavy atom. The standard InChI is InChI=1S/C49H71N13O10/c1-6-29(4)41(46(69)58-36(24-32-25-53-27-55-32)47(70)62-21-11-15-38(62)44(67)59-37(48(71)72)23-30-12-8-7-9-13-30)61-43(66)35(22-31-16-18-33(63)19-17-31)57-45(68)40(28(2)3)60-42(65)34(56-39(64)26-52-5)14-10-20-54-49(50)51/h7-9,12-13,16-19,25,27-29,34-38,40-41,52,63H,6,10-11,14-15,20-24,26H2,1-5H3,(H,53,55)(H,56,64)(H,57,68)(H,58,69)(H,59,67)(H,60,65)(H,61,66)(H,71,72)(H4,50,51,54)/t29-,34-,35+,36-,37-,38+,40-,41-/m0/s1. The summed E-state index contributed by atoms with van der Waals surface area (Å²) in [5.41, 5.74) is 12.6. The van der Waals surface area contributed by atoms with E-state index in [0.717, 1.165) is 0 Å². The maximum absolute atomic E-state index is 14.5. The number of nitrogens with one attached hydrogen (secondary N) is 8. The van der Waals surface area contributed by atoms with Crippen LogP contribution >= 0.6 is 0 Å². The number of nitrogens with two attached hydrogens (primary N) is 2. The number of likely N-dealkylation sites (tertiary alicyclic amines) is 1. The van der Waals surface area contributed by atoms with Crippen LogP contribution < -0.4 is 48.7 Å². The first-order chi connectivity index (χ1) is 34.3. The molecule has 0 saturated carbocycles. The molecular formula is C49H71N13O10. The van der Waals surface area contributed by atoms with Crippen LogP contribution in [0.1, 0.15) is 76.6 Å². The first-order valence-corrected chi connectivity index (χ1v) is 24.1. The number of benzene rings is 2. The van der Waals surface area contributed by atoms with Crippen molar-refractivity contribution in [2.75, 3.05) is 26.7 Å². The van der Waals surface area contributed by atoms with Crippen LogP contribution in [-0.2, 0) is 57.6 Å². The summed E-state index contributed by atoms with van der Waals surface area (Å²) in [6, 6.07) is 6.24. The number of rotatable bonds is 28. The Labute approximate surface area is 418 Å². The number of phenols is 1. The van der Waals surface area contributed by atoms with Crippen molar-refractivity contribution in [1.29, 1.82) is 0 Å². The van der Waals surface area contributed by atoms with Crippen molar-refractivity contribution < 1.29 is 48.6 Å². The molecule has 72 heavy (non-hydrogen) atoms. The lowest BCUT2D eigenvalue weighted by Crippen LogP contribution is -2.62. The summed E-state index contributed by atoms with van der Waals surface area (Å²) in [5, 5.41) is 39.1. The molecule has 14 N–H and O–H groups in total. The van der Waals surface area contributed by atoms with E-state index < -0.39 is 101 Å². The van der Waals surface area contributed by atoms with Crippen molar-refractivity contribution in [1.82, 2.24) is 52.1 Å². The van der Waals surface area contributed by atoms with E-state index in [2.05, 4.69) is 52.2 Å². The van der Waals surface area contributed by atoms with E-state index in [9.17, 15) is 48.6 Å². The number of nitrogens with zero attached hydrogens (tertiary/aromatic N) is 3. The number of phenolic OH excluding ortho intramolecular Hbond substituents is 1. The molecule has 0 spiro atoms. The number of H-pyrrole nitrogens is 1. The van der Waals surface area contributed by atoms with Crippen LogP contribution in [0.2, 0.25) is 0 Å². The molecule has 1 aliphatic rings. The molecule has 8 atom stereocenters. The smallest absolute Gasteiger partial charge is 0.326 e. The molecule has 0 bridgehead atoms. The molecule has 4 rings (SSSR count). The average Bonchev–Trinajstić information content (AvgIpc) is 4.06. The lowest BCUT2D eigenvalue weighted by atomic mass is 9.96. The minimum atomic E-state index is -1.35. The van der Waals surface area contributed by atoms with Crippen LogP contribution in [0.25, 0.3) is 0 Å². The molecule has 7 amide bonds. The summed E-state index contributed by atoms with van der Waals surface area (Å²) in [5.74, 6) is -7.15. The highest BCUT2D eigenvalue weighted by atomic mass is 16.4. The number of aromatic nitrogens is 2. The lowest BCUT2D eigenvalue weighted by molar-refractivity contribution is -0.145. The van der Waals surface area contributed by atoms with E-state index in [4.69, 9.17) is 11.5 Å². The monoisotopic (exact) mass is 1000 g/mol. The van der Waals surface area contributed by atoms with E-state index in [-0.39, 0.29) is 63.4 Å². The number of aromatic hydroxyl groups is 1. The Balaban J connectivity index is 1.58. The van der Waals surface area contributed by atoms with Gasteiger partial charge in [0, 0.05) is 44.2 Å². The number of imidazole rings is 1. The number of amides is 7. The van der Waals surface area contributed by atoms with Gasteiger partial charge in [0.05, 0.1) is 12.9 Å². The molecule has 0 aliphatic carbocycles. The molecule has 1 aromatic heterocycles. The number of carbonyl (C=O) groups is 8. The summed E-state index contributed by atoms with van der Waals surface area (Å²) in [6.45, 7) is 7.15. The molecule has 2 heterocycles. The molecule has 3 aromatic rings. The number of likely N-dealkylation sites (N-methyl/N-ethyl adjacent to an activating group) is 1. The zero-order chi connectivity index (χ0) is 52.9. The van der Waals surface area contributed by atoms with Crippen LogP contribution in [0.3, 0.4) is 0 Å².